The normalized spacial score (nSPS) is 14.5. The lowest BCUT2D eigenvalue weighted by Gasteiger charge is -2.21. The summed E-state index contributed by atoms with van der Waals surface area (Å²) in [6, 6.07) is 9.01. The molecule has 1 aliphatic heterocycles. The number of anilines is 1. The maximum absolute atomic E-state index is 12.1. The molecule has 1 atom stereocenters. The van der Waals surface area contributed by atoms with Crippen LogP contribution in [-0.2, 0) is 4.79 Å². The predicted octanol–water partition coefficient (Wildman–Crippen LogP) is 2.40. The van der Waals surface area contributed by atoms with Crippen molar-refractivity contribution in [2.45, 2.75) is 19.4 Å². The second-order valence-electron chi connectivity index (χ2n) is 8.08. The third-order valence-corrected chi connectivity index (χ3v) is 5.87. The fraction of sp³-hybridized carbons (Fsp3) is 0.259. The van der Waals surface area contributed by atoms with E-state index in [4.69, 9.17) is 15.2 Å². The molecule has 178 valence electrons. The van der Waals surface area contributed by atoms with Gasteiger partial charge in [-0.05, 0) is 43.5 Å². The molecule has 2 aromatic carbocycles. The van der Waals surface area contributed by atoms with Crippen LogP contribution in [-0.4, -0.2) is 50.1 Å². The fourth-order valence-corrected chi connectivity index (χ4v) is 4.25. The number of benzene rings is 2. The molecule has 8 heteroatoms. The molecule has 2 heterocycles. The fourth-order valence-electron chi connectivity index (χ4n) is 4.25. The van der Waals surface area contributed by atoms with Crippen LogP contribution in [0.1, 0.15) is 34.8 Å². The van der Waals surface area contributed by atoms with E-state index in [-0.39, 0.29) is 11.9 Å². The van der Waals surface area contributed by atoms with E-state index in [1.165, 1.54) is 0 Å². The number of methoxy groups -OCH3 is 2. The second-order valence-corrected chi connectivity index (χ2v) is 8.08. The molecule has 4 N–H and O–H groups in total. The molecule has 0 aliphatic carbocycles. The second kappa shape index (κ2) is 10.1. The number of carbonyl (C=O) groups is 2. The molecule has 35 heavy (non-hydrogen) atoms. The number of ether oxygens (including phenoxy) is 2. The van der Waals surface area contributed by atoms with E-state index in [2.05, 4.69) is 38.9 Å². The summed E-state index contributed by atoms with van der Waals surface area (Å²) in [6.45, 7) is 2.99. The number of primary amides is 1. The van der Waals surface area contributed by atoms with E-state index in [1.807, 2.05) is 18.2 Å². The van der Waals surface area contributed by atoms with E-state index in [0.717, 1.165) is 35.2 Å². The lowest BCUT2D eigenvalue weighted by Crippen LogP contribution is -2.36. The maximum Gasteiger partial charge on any atom is 0.296 e. The SMILES string of the molecule is CC#CC(=O)N[C@@H]1CCN(c2ccc(C(N)=O)c3[nH]cc(C#Cc4cc(OC)cc(OC)c4)c23)C1. The highest BCUT2D eigenvalue weighted by Gasteiger charge is 2.26. The molecule has 8 nitrogen and oxygen atoms in total. The summed E-state index contributed by atoms with van der Waals surface area (Å²) in [4.78, 5) is 29.3. The Morgan fingerprint density at radius 1 is 1.14 bits per heavy atom. The zero-order valence-corrected chi connectivity index (χ0v) is 19.8. The van der Waals surface area contributed by atoms with Crippen LogP contribution < -0.4 is 25.4 Å². The molecular weight excluding hydrogens is 444 g/mol. The van der Waals surface area contributed by atoms with Gasteiger partial charge in [0, 0.05) is 48.0 Å². The topological polar surface area (TPSA) is 110 Å². The van der Waals surface area contributed by atoms with Crippen LogP contribution in [0, 0.1) is 23.7 Å². The quantitative estimate of drug-likeness (QED) is 0.496. The number of carbonyl (C=O) groups excluding carboxylic acids is 2. The third kappa shape index (κ3) is 5.02. The zero-order valence-electron chi connectivity index (χ0n) is 19.8. The minimum absolute atomic E-state index is 0.0214. The number of fused-ring (bicyclic) bond motifs is 1. The molecule has 1 aliphatic rings. The Balaban J connectivity index is 1.74. The number of hydrogen-bond acceptors (Lipinski definition) is 5. The summed E-state index contributed by atoms with van der Waals surface area (Å²) in [6.07, 6.45) is 2.56. The smallest absolute Gasteiger partial charge is 0.296 e. The van der Waals surface area contributed by atoms with Crippen LogP contribution >= 0.6 is 0 Å². The lowest BCUT2D eigenvalue weighted by atomic mass is 10.0. The van der Waals surface area contributed by atoms with Crippen molar-refractivity contribution < 1.29 is 19.1 Å². The van der Waals surface area contributed by atoms with Crippen LogP contribution in [0.4, 0.5) is 5.69 Å². The van der Waals surface area contributed by atoms with Gasteiger partial charge in [-0.15, -0.1) is 0 Å². The van der Waals surface area contributed by atoms with E-state index in [9.17, 15) is 9.59 Å². The summed E-state index contributed by atoms with van der Waals surface area (Å²) in [5.41, 5.74) is 9.02. The first-order valence-electron chi connectivity index (χ1n) is 11.1. The van der Waals surface area contributed by atoms with Gasteiger partial charge in [-0.1, -0.05) is 17.8 Å². The summed E-state index contributed by atoms with van der Waals surface area (Å²) < 4.78 is 10.7. The van der Waals surface area contributed by atoms with Crippen molar-refractivity contribution >= 4 is 28.4 Å². The van der Waals surface area contributed by atoms with Crippen molar-refractivity contribution in [2.75, 3.05) is 32.2 Å². The van der Waals surface area contributed by atoms with Crippen molar-refractivity contribution in [2.24, 2.45) is 5.73 Å². The van der Waals surface area contributed by atoms with Crippen LogP contribution in [0.15, 0.2) is 36.5 Å². The number of nitrogens with one attached hydrogen (secondary N) is 2. The number of hydrogen-bond donors (Lipinski definition) is 3. The maximum atomic E-state index is 12.1. The number of aromatic nitrogens is 1. The molecule has 0 unspecified atom stereocenters. The van der Waals surface area contributed by atoms with Gasteiger partial charge in [0.25, 0.3) is 11.8 Å². The monoisotopic (exact) mass is 470 g/mol. The summed E-state index contributed by atoms with van der Waals surface area (Å²) in [5.74, 6) is 12.0. The van der Waals surface area contributed by atoms with Gasteiger partial charge in [-0.25, -0.2) is 0 Å². The first-order valence-corrected chi connectivity index (χ1v) is 11.1. The number of nitrogens with zero attached hydrogens (tertiary/aromatic N) is 1. The molecule has 1 aromatic heterocycles. The van der Waals surface area contributed by atoms with E-state index in [0.29, 0.717) is 29.1 Å². The average Bonchev–Trinajstić information content (AvgIpc) is 3.49. The molecule has 0 radical (unpaired) electrons. The number of nitrogens with two attached hydrogens (primary N) is 1. The molecule has 3 aromatic rings. The molecule has 1 fully saturated rings. The molecule has 2 amide bonds. The summed E-state index contributed by atoms with van der Waals surface area (Å²) in [5, 5.41) is 3.76. The van der Waals surface area contributed by atoms with Crippen molar-refractivity contribution in [3.05, 3.63) is 53.2 Å². The Hall–Kier alpha value is -4.56. The highest BCUT2D eigenvalue weighted by atomic mass is 16.5. The van der Waals surface area contributed by atoms with Crippen molar-refractivity contribution in [1.82, 2.24) is 10.3 Å². The summed E-state index contributed by atoms with van der Waals surface area (Å²) >= 11 is 0. The van der Waals surface area contributed by atoms with E-state index in [1.54, 1.807) is 39.5 Å². The minimum Gasteiger partial charge on any atom is -0.497 e. The summed E-state index contributed by atoms with van der Waals surface area (Å²) in [7, 11) is 3.17. The van der Waals surface area contributed by atoms with Crippen LogP contribution in [0.2, 0.25) is 0 Å². The van der Waals surface area contributed by atoms with E-state index >= 15 is 0 Å². The third-order valence-electron chi connectivity index (χ3n) is 5.87. The van der Waals surface area contributed by atoms with E-state index < -0.39 is 5.91 Å². The van der Waals surface area contributed by atoms with Crippen molar-refractivity contribution in [3.63, 3.8) is 0 Å². The highest BCUT2D eigenvalue weighted by Crippen LogP contribution is 2.34. The molecule has 0 saturated carbocycles. The largest absolute Gasteiger partial charge is 0.497 e. The first-order chi connectivity index (χ1) is 16.9. The number of amides is 2. The number of rotatable bonds is 5. The van der Waals surface area contributed by atoms with Crippen molar-refractivity contribution in [3.8, 4) is 35.2 Å². The van der Waals surface area contributed by atoms with Gasteiger partial charge in [-0.3, -0.25) is 9.59 Å². The standard InChI is InChI=1S/C27H26N4O4/c1-4-5-24(32)30-19-10-11-31(16-19)23-9-8-22(27(28)33)26-25(23)18(15-29-26)7-6-17-12-20(34-2)14-21(13-17)35-3/h8-9,12-15,19,29H,10-11,16H2,1-3H3,(H2,28,33)(H,30,32)/t19-/m1/s1. The molecule has 0 spiro atoms. The van der Waals surface area contributed by atoms with Gasteiger partial charge in [0.15, 0.2) is 0 Å². The van der Waals surface area contributed by atoms with Crippen LogP contribution in [0.25, 0.3) is 10.9 Å². The van der Waals surface area contributed by atoms with Gasteiger partial charge in [0.05, 0.1) is 30.9 Å². The number of aromatic amines is 1. The highest BCUT2D eigenvalue weighted by molar-refractivity contribution is 6.10. The van der Waals surface area contributed by atoms with Gasteiger partial charge in [-0.2, -0.15) is 0 Å². The Morgan fingerprint density at radius 3 is 2.54 bits per heavy atom. The Labute approximate surface area is 203 Å². The van der Waals surface area contributed by atoms with Gasteiger partial charge >= 0.3 is 0 Å². The van der Waals surface area contributed by atoms with Gasteiger partial charge in [0.2, 0.25) is 0 Å². The Kier molecular flexibility index (Phi) is 6.84. The Morgan fingerprint density at radius 2 is 1.89 bits per heavy atom. The van der Waals surface area contributed by atoms with Crippen LogP contribution in [0.3, 0.4) is 0 Å². The zero-order chi connectivity index (χ0) is 24.9. The average molecular weight is 471 g/mol. The van der Waals surface area contributed by atoms with Crippen LogP contribution in [0.5, 0.6) is 11.5 Å². The Bertz CT molecular complexity index is 1400. The predicted molar refractivity (Wildman–Crippen MR) is 135 cm³/mol. The molecule has 4 rings (SSSR count). The lowest BCUT2D eigenvalue weighted by molar-refractivity contribution is -0.116. The number of H-pyrrole nitrogens is 1. The first kappa shape index (κ1) is 23.6. The molecule has 1 saturated heterocycles. The molecular formula is C27H26N4O4. The minimum atomic E-state index is -0.523. The molecule has 0 bridgehead atoms. The van der Waals surface area contributed by atoms with Gasteiger partial charge < -0.3 is 30.4 Å². The van der Waals surface area contributed by atoms with Gasteiger partial charge in [0.1, 0.15) is 11.5 Å². The van der Waals surface area contributed by atoms with Crippen molar-refractivity contribution in [1.29, 1.82) is 0 Å².